The molecule has 6 atom stereocenters. The van der Waals surface area contributed by atoms with Gasteiger partial charge in [-0.15, -0.1) is 0 Å². The van der Waals surface area contributed by atoms with Gasteiger partial charge in [-0.1, -0.05) is 6.07 Å². The summed E-state index contributed by atoms with van der Waals surface area (Å²) in [5.74, 6) is 2.50. The fourth-order valence-electron chi connectivity index (χ4n) is 8.65. The van der Waals surface area contributed by atoms with Gasteiger partial charge in [0.15, 0.2) is 17.5 Å². The quantitative estimate of drug-likeness (QED) is 0.396. The number of nitrogens with zero attached hydrogens (tertiary/aromatic N) is 2. The summed E-state index contributed by atoms with van der Waals surface area (Å²) in [6.07, 6.45) is 7.26. The Morgan fingerprint density at radius 1 is 1.18 bits per heavy atom. The highest BCUT2D eigenvalue weighted by atomic mass is 16.6. The standard InChI is InChI=1S/C31H38N2O6/c1-17-18(2)38-19(3)22(17)8-10-26(35)32(4)23-11-12-31(36)25-15-21-7-9-24(34)28-27(21)30(31,29(23)39-28)13-14-33(25,37)16-20-5-6-20/h7-10,20,23,25,29,36-37H,5-6,11-16H2,1-4H3/p+1/b10-8+/t23-,25+,29-,30-,31+,33?/m0/s1. The van der Waals surface area contributed by atoms with Crippen LogP contribution in [0.4, 0.5) is 0 Å². The Morgan fingerprint density at radius 2 is 1.95 bits per heavy atom. The lowest BCUT2D eigenvalue weighted by molar-refractivity contribution is -1.13. The van der Waals surface area contributed by atoms with Gasteiger partial charge in [-0.05, 0) is 69.7 Å². The van der Waals surface area contributed by atoms with Gasteiger partial charge in [-0.25, -0.2) is 5.21 Å². The lowest BCUT2D eigenvalue weighted by Gasteiger charge is -2.64. The number of likely N-dealkylation sites (N-methyl/N-ethyl adjacent to an activating group) is 1. The van der Waals surface area contributed by atoms with Gasteiger partial charge < -0.3 is 24.3 Å². The number of phenolic OH excluding ortho intramolecular Hbond substituents is 1. The number of furan rings is 1. The molecule has 2 aromatic rings. The van der Waals surface area contributed by atoms with Crippen molar-refractivity contribution in [2.45, 2.75) is 88.5 Å². The molecule has 3 N–H and O–H groups in total. The molecule has 3 heterocycles. The van der Waals surface area contributed by atoms with E-state index in [0.29, 0.717) is 50.4 Å². The Hall–Kier alpha value is -2.81. The lowest BCUT2D eigenvalue weighted by Crippen LogP contribution is -2.82. The first-order chi connectivity index (χ1) is 18.5. The number of hydroxylamine groups is 3. The minimum absolute atomic E-state index is 0.0699. The second-order valence-electron chi connectivity index (χ2n) is 12.8. The molecule has 8 heteroatoms. The van der Waals surface area contributed by atoms with Gasteiger partial charge in [0.2, 0.25) is 5.91 Å². The summed E-state index contributed by atoms with van der Waals surface area (Å²) in [4.78, 5) is 15.3. The largest absolute Gasteiger partial charge is 0.504 e. The van der Waals surface area contributed by atoms with E-state index in [1.54, 1.807) is 24.1 Å². The molecule has 2 aliphatic heterocycles. The SMILES string of the molecule is Cc1oc(C)c(/C=C/C(=O)N(C)[C@H]2CC[C@@]3(O)[C@H]4Cc5ccc(O)c6c5[C@@]3(CC[N+]4(O)CC3CC3)[C@H]2O6)c1C. The monoisotopic (exact) mass is 535 g/mol. The molecule has 3 fully saturated rings. The normalized spacial score (nSPS) is 36.1. The maximum atomic E-state index is 13.5. The maximum Gasteiger partial charge on any atom is 0.246 e. The van der Waals surface area contributed by atoms with Crippen molar-refractivity contribution in [1.82, 2.24) is 4.90 Å². The lowest BCUT2D eigenvalue weighted by atomic mass is 9.48. The van der Waals surface area contributed by atoms with Gasteiger partial charge in [0, 0.05) is 43.0 Å². The summed E-state index contributed by atoms with van der Waals surface area (Å²) in [5, 5.41) is 35.5. The number of aliphatic hydroxyl groups is 1. The third-order valence-corrected chi connectivity index (χ3v) is 10.9. The molecule has 1 aromatic heterocycles. The van der Waals surface area contributed by atoms with Crippen molar-refractivity contribution >= 4 is 12.0 Å². The summed E-state index contributed by atoms with van der Waals surface area (Å²) in [6.45, 7) is 7.00. The number of rotatable bonds is 5. The number of likely N-dealkylation sites (tertiary alicyclic amines) is 1. The fraction of sp³-hybridized carbons (Fsp3) is 0.581. The molecule has 0 radical (unpaired) electrons. The second-order valence-corrected chi connectivity index (χ2v) is 12.8. The first-order valence-corrected chi connectivity index (χ1v) is 14.4. The minimum Gasteiger partial charge on any atom is -0.504 e. The van der Waals surface area contributed by atoms with Crippen LogP contribution in [0.15, 0.2) is 22.6 Å². The van der Waals surface area contributed by atoms with E-state index in [-0.39, 0.29) is 28.4 Å². The van der Waals surface area contributed by atoms with Crippen molar-refractivity contribution in [3.63, 3.8) is 0 Å². The van der Waals surface area contributed by atoms with Gasteiger partial charge in [-0.3, -0.25) is 4.79 Å². The number of phenols is 1. The van der Waals surface area contributed by atoms with Crippen LogP contribution in [0.2, 0.25) is 0 Å². The summed E-state index contributed by atoms with van der Waals surface area (Å²) >= 11 is 0. The van der Waals surface area contributed by atoms with Crippen LogP contribution < -0.4 is 4.74 Å². The molecule has 1 unspecified atom stereocenters. The third kappa shape index (κ3) is 3.25. The molecule has 8 nitrogen and oxygen atoms in total. The number of carbonyl (C=O) groups is 1. The zero-order valence-electron chi connectivity index (χ0n) is 23.2. The molecular weight excluding hydrogens is 496 g/mol. The Kier molecular flexibility index (Phi) is 5.24. The van der Waals surface area contributed by atoms with E-state index in [4.69, 9.17) is 9.15 Å². The summed E-state index contributed by atoms with van der Waals surface area (Å²) in [6, 6.07) is 2.94. The third-order valence-electron chi connectivity index (χ3n) is 10.9. The first-order valence-electron chi connectivity index (χ1n) is 14.4. The zero-order chi connectivity index (χ0) is 27.5. The van der Waals surface area contributed by atoms with E-state index in [1.807, 2.05) is 32.9 Å². The van der Waals surface area contributed by atoms with E-state index in [9.17, 15) is 20.2 Å². The Morgan fingerprint density at radius 3 is 2.64 bits per heavy atom. The Bertz CT molecular complexity index is 1410. The number of amides is 1. The molecule has 7 rings (SSSR count). The molecule has 1 saturated heterocycles. The molecular formula is C31H39N2O6+. The number of aryl methyl sites for hydroxylation is 2. The van der Waals surface area contributed by atoms with Crippen LogP contribution in [-0.2, 0) is 16.6 Å². The van der Waals surface area contributed by atoms with Gasteiger partial charge >= 0.3 is 0 Å². The van der Waals surface area contributed by atoms with E-state index in [1.165, 1.54) is 0 Å². The van der Waals surface area contributed by atoms with Crippen LogP contribution in [0.5, 0.6) is 11.5 Å². The smallest absolute Gasteiger partial charge is 0.246 e. The number of carbonyl (C=O) groups excluding carboxylic acids is 1. The highest BCUT2D eigenvalue weighted by Gasteiger charge is 2.77. The summed E-state index contributed by atoms with van der Waals surface area (Å²) in [5.41, 5.74) is 1.88. The zero-order valence-corrected chi connectivity index (χ0v) is 23.2. The molecule has 1 amide bonds. The molecule has 2 bridgehead atoms. The number of piperidine rings is 1. The van der Waals surface area contributed by atoms with Gasteiger partial charge in [0.05, 0.1) is 11.5 Å². The van der Waals surface area contributed by atoms with Crippen LogP contribution in [0.25, 0.3) is 6.08 Å². The molecule has 208 valence electrons. The highest BCUT2D eigenvalue weighted by molar-refractivity contribution is 5.92. The number of quaternary nitrogens is 1. The van der Waals surface area contributed by atoms with Crippen LogP contribution in [0.3, 0.4) is 0 Å². The van der Waals surface area contributed by atoms with Crippen LogP contribution in [0, 0.1) is 26.7 Å². The van der Waals surface area contributed by atoms with Crippen molar-refractivity contribution in [1.29, 1.82) is 0 Å². The molecule has 1 aromatic carbocycles. The first kappa shape index (κ1) is 25.2. The van der Waals surface area contributed by atoms with Crippen LogP contribution >= 0.6 is 0 Å². The van der Waals surface area contributed by atoms with E-state index >= 15 is 0 Å². The summed E-state index contributed by atoms with van der Waals surface area (Å²) in [7, 11) is 1.80. The van der Waals surface area contributed by atoms with Crippen molar-refractivity contribution in [2.24, 2.45) is 5.92 Å². The van der Waals surface area contributed by atoms with Crippen molar-refractivity contribution in [3.05, 3.63) is 52.0 Å². The number of hydrogen-bond donors (Lipinski definition) is 3. The van der Waals surface area contributed by atoms with Gasteiger partial charge in [-0.2, -0.15) is 4.65 Å². The van der Waals surface area contributed by atoms with E-state index < -0.39 is 17.1 Å². The van der Waals surface area contributed by atoms with E-state index in [2.05, 4.69) is 0 Å². The van der Waals surface area contributed by atoms with Gasteiger partial charge in [0.1, 0.15) is 36.3 Å². The molecule has 3 aliphatic carbocycles. The number of hydrogen-bond acceptors (Lipinski definition) is 6. The van der Waals surface area contributed by atoms with E-state index in [0.717, 1.165) is 46.6 Å². The average molecular weight is 536 g/mol. The molecule has 5 aliphatic rings. The van der Waals surface area contributed by atoms with Crippen molar-refractivity contribution < 1.29 is 34.0 Å². The predicted octanol–water partition coefficient (Wildman–Crippen LogP) is 3.92. The summed E-state index contributed by atoms with van der Waals surface area (Å²) < 4.78 is 12.2. The Balaban J connectivity index is 1.27. The predicted molar refractivity (Wildman–Crippen MR) is 144 cm³/mol. The number of aromatic hydroxyl groups is 1. The maximum absolute atomic E-state index is 13.5. The fourth-order valence-corrected chi connectivity index (χ4v) is 8.65. The topological polar surface area (TPSA) is 103 Å². The molecule has 1 spiro atoms. The molecule has 39 heavy (non-hydrogen) atoms. The Labute approximate surface area is 229 Å². The van der Waals surface area contributed by atoms with Crippen LogP contribution in [0.1, 0.15) is 65.9 Å². The van der Waals surface area contributed by atoms with Crippen molar-refractivity contribution in [2.75, 3.05) is 20.1 Å². The minimum atomic E-state index is -1.19. The highest BCUT2D eigenvalue weighted by Crippen LogP contribution is 2.66. The number of ether oxygens (including phenoxy) is 1. The molecule has 2 saturated carbocycles. The second kappa shape index (κ2) is 8.12. The van der Waals surface area contributed by atoms with Crippen LogP contribution in [-0.4, -0.2) is 74.8 Å². The number of benzene rings is 1. The average Bonchev–Trinajstić information content (AvgIpc) is 3.57. The van der Waals surface area contributed by atoms with Crippen molar-refractivity contribution in [3.8, 4) is 11.5 Å². The van der Waals surface area contributed by atoms with Gasteiger partial charge in [0.25, 0.3) is 0 Å².